The van der Waals surface area contributed by atoms with Gasteiger partial charge in [-0.1, -0.05) is 11.6 Å². The number of anilines is 1. The topological polar surface area (TPSA) is 97.3 Å². The highest BCUT2D eigenvalue weighted by Gasteiger charge is 2.21. The molecule has 0 saturated heterocycles. The van der Waals surface area contributed by atoms with E-state index in [2.05, 4.69) is 30.9 Å². The molecular weight excluding hydrogens is 461 g/mol. The summed E-state index contributed by atoms with van der Waals surface area (Å²) in [5.74, 6) is 1.92. The molecule has 0 spiro atoms. The van der Waals surface area contributed by atoms with E-state index in [1.54, 1.807) is 25.1 Å². The number of aromatic nitrogens is 4. The Labute approximate surface area is 173 Å². The standard InChI is InChI=1S/C16H16BrCl2N5O3/c1-25-9-5-8(10(17)13(26-2)12(9)27-4-3-18)6-24-7-21-11-14(19)22-16(20)23-15(11)24/h5,7H,3-4,6H2,1-2H3,(H2,20,22,23). The van der Waals surface area contributed by atoms with E-state index in [1.165, 1.54) is 0 Å². The van der Waals surface area contributed by atoms with Gasteiger partial charge in [0, 0.05) is 0 Å². The zero-order chi connectivity index (χ0) is 19.6. The Kier molecular flexibility index (Phi) is 6.13. The number of halogens is 3. The van der Waals surface area contributed by atoms with Crippen molar-refractivity contribution in [2.45, 2.75) is 6.54 Å². The largest absolute Gasteiger partial charge is 0.493 e. The maximum absolute atomic E-state index is 6.09. The Bertz CT molecular complexity index is 983. The second kappa shape index (κ2) is 8.37. The van der Waals surface area contributed by atoms with Crippen LogP contribution in [-0.4, -0.2) is 46.2 Å². The molecule has 1 aromatic carbocycles. The van der Waals surface area contributed by atoms with E-state index in [1.807, 2.05) is 6.07 Å². The molecule has 0 unspecified atom stereocenters. The fraction of sp³-hybridized carbons (Fsp3) is 0.312. The van der Waals surface area contributed by atoms with Crippen LogP contribution in [0.15, 0.2) is 16.9 Å². The quantitative estimate of drug-likeness (QED) is 0.411. The Morgan fingerprint density at radius 2 is 2.00 bits per heavy atom. The zero-order valence-electron chi connectivity index (χ0n) is 14.5. The number of ether oxygens (including phenoxy) is 3. The molecule has 0 saturated carbocycles. The Morgan fingerprint density at radius 1 is 1.22 bits per heavy atom. The van der Waals surface area contributed by atoms with Crippen LogP contribution in [0.1, 0.15) is 5.56 Å². The summed E-state index contributed by atoms with van der Waals surface area (Å²) in [6.07, 6.45) is 1.62. The number of alkyl halides is 1. The lowest BCUT2D eigenvalue weighted by Gasteiger charge is -2.18. The first kappa shape index (κ1) is 19.8. The Morgan fingerprint density at radius 3 is 2.67 bits per heavy atom. The molecule has 0 aliphatic rings. The number of nitrogens with zero attached hydrogens (tertiary/aromatic N) is 4. The van der Waals surface area contributed by atoms with Gasteiger partial charge in [0.2, 0.25) is 11.7 Å². The SMILES string of the molecule is COc1cc(Cn2cnc3c(Cl)nc(N)nc32)c(Br)c(OC)c1OCCCl. The summed E-state index contributed by atoms with van der Waals surface area (Å²) in [6, 6.07) is 1.84. The number of nitrogens with two attached hydrogens (primary N) is 1. The van der Waals surface area contributed by atoms with Crippen molar-refractivity contribution in [3.05, 3.63) is 27.6 Å². The predicted octanol–water partition coefficient (Wildman–Crippen LogP) is 3.51. The monoisotopic (exact) mass is 475 g/mol. The summed E-state index contributed by atoms with van der Waals surface area (Å²) in [5, 5.41) is 0.204. The van der Waals surface area contributed by atoms with Crippen molar-refractivity contribution >= 4 is 56.2 Å². The van der Waals surface area contributed by atoms with Crippen molar-refractivity contribution in [1.82, 2.24) is 19.5 Å². The summed E-state index contributed by atoms with van der Waals surface area (Å²) >= 11 is 15.4. The van der Waals surface area contributed by atoms with Crippen LogP contribution < -0.4 is 19.9 Å². The minimum absolute atomic E-state index is 0.0771. The van der Waals surface area contributed by atoms with Gasteiger partial charge in [-0.05, 0) is 27.6 Å². The van der Waals surface area contributed by atoms with Crippen molar-refractivity contribution in [3.8, 4) is 17.2 Å². The fourth-order valence-electron chi connectivity index (χ4n) is 2.60. The van der Waals surface area contributed by atoms with E-state index in [0.717, 1.165) is 5.56 Å². The highest BCUT2D eigenvalue weighted by Crippen LogP contribution is 2.45. The number of benzene rings is 1. The number of methoxy groups -OCH3 is 2. The first-order valence-corrected chi connectivity index (χ1v) is 9.46. The minimum Gasteiger partial charge on any atom is -0.493 e. The van der Waals surface area contributed by atoms with Crippen molar-refractivity contribution < 1.29 is 14.2 Å². The molecule has 2 N–H and O–H groups in total. The minimum atomic E-state index is 0.0771. The van der Waals surface area contributed by atoms with Crippen LogP contribution >= 0.6 is 39.1 Å². The van der Waals surface area contributed by atoms with Gasteiger partial charge in [-0.25, -0.2) is 4.98 Å². The lowest BCUT2D eigenvalue weighted by molar-refractivity contribution is 0.288. The van der Waals surface area contributed by atoms with Crippen LogP contribution in [0.5, 0.6) is 17.2 Å². The number of rotatable bonds is 7. The molecular formula is C16H16BrCl2N5O3. The third-order valence-electron chi connectivity index (χ3n) is 3.74. The van der Waals surface area contributed by atoms with E-state index in [0.29, 0.717) is 51.9 Å². The molecule has 0 fully saturated rings. The first-order valence-electron chi connectivity index (χ1n) is 7.76. The van der Waals surface area contributed by atoms with Crippen molar-refractivity contribution in [2.75, 3.05) is 32.4 Å². The van der Waals surface area contributed by atoms with Gasteiger partial charge in [-0.15, -0.1) is 11.6 Å². The molecule has 0 bridgehead atoms. The molecule has 3 rings (SSSR count). The van der Waals surface area contributed by atoms with Crippen LogP contribution in [0, 0.1) is 0 Å². The van der Waals surface area contributed by atoms with E-state index in [9.17, 15) is 0 Å². The van der Waals surface area contributed by atoms with E-state index in [4.69, 9.17) is 43.1 Å². The predicted molar refractivity (Wildman–Crippen MR) is 107 cm³/mol. The van der Waals surface area contributed by atoms with Crippen molar-refractivity contribution in [2.24, 2.45) is 0 Å². The number of hydrogen-bond acceptors (Lipinski definition) is 7. The Balaban J connectivity index is 2.07. The molecule has 8 nitrogen and oxygen atoms in total. The number of fused-ring (bicyclic) bond motifs is 1. The second-order valence-corrected chi connectivity index (χ2v) is 6.90. The van der Waals surface area contributed by atoms with Gasteiger partial charge in [0.25, 0.3) is 0 Å². The molecule has 11 heteroatoms. The summed E-state index contributed by atoms with van der Waals surface area (Å²) < 4.78 is 19.2. The van der Waals surface area contributed by atoms with Gasteiger partial charge in [0.05, 0.1) is 37.4 Å². The molecule has 0 aliphatic heterocycles. The van der Waals surface area contributed by atoms with Crippen molar-refractivity contribution in [1.29, 1.82) is 0 Å². The molecule has 0 radical (unpaired) electrons. The summed E-state index contributed by atoms with van der Waals surface area (Å²) in [6.45, 7) is 0.729. The van der Waals surface area contributed by atoms with Gasteiger partial charge in [-0.2, -0.15) is 9.97 Å². The molecule has 2 heterocycles. The third kappa shape index (κ3) is 3.85. The lowest BCUT2D eigenvalue weighted by atomic mass is 10.1. The van der Waals surface area contributed by atoms with Gasteiger partial charge < -0.3 is 24.5 Å². The van der Waals surface area contributed by atoms with Gasteiger partial charge >= 0.3 is 0 Å². The molecule has 0 atom stereocenters. The maximum atomic E-state index is 6.09. The van der Waals surface area contributed by atoms with Gasteiger partial charge in [-0.3, -0.25) is 0 Å². The van der Waals surface area contributed by atoms with E-state index in [-0.39, 0.29) is 11.1 Å². The average Bonchev–Trinajstić information content (AvgIpc) is 3.04. The van der Waals surface area contributed by atoms with E-state index < -0.39 is 0 Å². The normalized spacial score (nSPS) is 11.0. The average molecular weight is 477 g/mol. The van der Waals surface area contributed by atoms with Crippen LogP contribution in [0.3, 0.4) is 0 Å². The highest BCUT2D eigenvalue weighted by atomic mass is 79.9. The van der Waals surface area contributed by atoms with Crippen molar-refractivity contribution in [3.63, 3.8) is 0 Å². The van der Waals surface area contributed by atoms with Crippen LogP contribution in [0.2, 0.25) is 5.15 Å². The fourth-order valence-corrected chi connectivity index (χ4v) is 3.47. The smallest absolute Gasteiger partial charge is 0.223 e. The second-order valence-electron chi connectivity index (χ2n) is 5.37. The van der Waals surface area contributed by atoms with Gasteiger partial charge in [0.15, 0.2) is 22.3 Å². The van der Waals surface area contributed by atoms with Gasteiger partial charge in [0.1, 0.15) is 12.1 Å². The van der Waals surface area contributed by atoms with Crippen LogP contribution in [0.25, 0.3) is 11.2 Å². The summed E-state index contributed by atoms with van der Waals surface area (Å²) in [4.78, 5) is 12.4. The number of hydrogen-bond donors (Lipinski definition) is 1. The highest BCUT2D eigenvalue weighted by molar-refractivity contribution is 9.10. The van der Waals surface area contributed by atoms with Crippen LogP contribution in [0.4, 0.5) is 5.95 Å². The first-order chi connectivity index (χ1) is 13.0. The lowest BCUT2D eigenvalue weighted by Crippen LogP contribution is -2.07. The molecule has 144 valence electrons. The van der Waals surface area contributed by atoms with E-state index >= 15 is 0 Å². The molecule has 0 aliphatic carbocycles. The molecule has 27 heavy (non-hydrogen) atoms. The van der Waals surface area contributed by atoms with Crippen LogP contribution in [-0.2, 0) is 6.54 Å². The maximum Gasteiger partial charge on any atom is 0.223 e. The summed E-state index contributed by atoms with van der Waals surface area (Å²) in [7, 11) is 3.11. The molecule has 2 aromatic heterocycles. The third-order valence-corrected chi connectivity index (χ3v) is 5.03. The number of nitrogen functional groups attached to an aromatic ring is 1. The molecule has 0 amide bonds. The summed E-state index contributed by atoms with van der Waals surface area (Å²) in [5.41, 5.74) is 7.57. The Hall–Kier alpha value is -1.97. The molecule has 3 aromatic rings. The number of imidazole rings is 1. The zero-order valence-corrected chi connectivity index (χ0v) is 17.6.